The molecule has 0 aliphatic rings. The molecule has 1 amide bonds. The Hall–Kier alpha value is -5.67. The third-order valence-corrected chi connectivity index (χ3v) is 9.17. The minimum Gasteiger partial charge on any atom is -0.480 e. The van der Waals surface area contributed by atoms with E-state index in [0.717, 1.165) is 44.5 Å². The van der Waals surface area contributed by atoms with Gasteiger partial charge in [-0.2, -0.15) is 11.8 Å². The van der Waals surface area contributed by atoms with Crippen molar-refractivity contribution in [2.24, 2.45) is 0 Å². The fraction of sp³-hybridized carbons (Fsp3) is 0.128. The van der Waals surface area contributed by atoms with Gasteiger partial charge in [-0.05, 0) is 33.9 Å². The second kappa shape index (κ2) is 14.8. The van der Waals surface area contributed by atoms with Crippen molar-refractivity contribution in [2.45, 2.75) is 24.6 Å². The lowest BCUT2D eigenvalue weighted by atomic mass is 9.96. The molecule has 0 aliphatic heterocycles. The SMILES string of the molecule is O=C(Cc1ccccc1[N+](=O)[O-])N[C@@H](CSCc1ccc(-c2ccc(-c3c(Cc4ccccc4)oc4ccccc34)cc2)cc1)C(=O)O. The fourth-order valence-electron chi connectivity index (χ4n) is 5.67. The maximum Gasteiger partial charge on any atom is 0.327 e. The molecular formula is C39H32N2O6S. The third kappa shape index (κ3) is 7.65. The van der Waals surface area contributed by atoms with Crippen LogP contribution in [0.4, 0.5) is 5.69 Å². The summed E-state index contributed by atoms with van der Waals surface area (Å²) in [6.45, 7) is 0. The Morgan fingerprint density at radius 3 is 2.10 bits per heavy atom. The van der Waals surface area contributed by atoms with E-state index in [1.165, 1.54) is 35.5 Å². The number of carboxylic acids is 1. The molecule has 0 radical (unpaired) electrons. The molecule has 0 saturated carbocycles. The highest BCUT2D eigenvalue weighted by Crippen LogP contribution is 2.37. The minimum atomic E-state index is -1.16. The quantitative estimate of drug-likeness (QED) is 0.0947. The molecule has 1 atom stereocenters. The van der Waals surface area contributed by atoms with Crippen molar-refractivity contribution in [1.82, 2.24) is 5.32 Å². The first kappa shape index (κ1) is 32.3. The Balaban J connectivity index is 1.08. The summed E-state index contributed by atoms with van der Waals surface area (Å²) in [6.07, 6.45) is 0.422. The van der Waals surface area contributed by atoms with Crippen molar-refractivity contribution in [1.29, 1.82) is 0 Å². The second-order valence-corrected chi connectivity index (χ2v) is 12.4. The van der Waals surface area contributed by atoms with Gasteiger partial charge in [-0.25, -0.2) is 4.79 Å². The molecule has 240 valence electrons. The molecule has 9 heteroatoms. The maximum absolute atomic E-state index is 12.5. The van der Waals surface area contributed by atoms with Crippen LogP contribution in [0.2, 0.25) is 0 Å². The number of aliphatic carboxylic acids is 1. The van der Waals surface area contributed by atoms with Gasteiger partial charge in [0.15, 0.2) is 0 Å². The summed E-state index contributed by atoms with van der Waals surface area (Å²) in [5.74, 6) is -0.104. The molecule has 8 nitrogen and oxygen atoms in total. The molecule has 2 N–H and O–H groups in total. The third-order valence-electron chi connectivity index (χ3n) is 8.06. The van der Waals surface area contributed by atoms with Crippen LogP contribution >= 0.6 is 11.8 Å². The van der Waals surface area contributed by atoms with Crippen LogP contribution in [0.25, 0.3) is 33.2 Å². The summed E-state index contributed by atoms with van der Waals surface area (Å²) in [5, 5.41) is 24.5. The summed E-state index contributed by atoms with van der Waals surface area (Å²) in [5.41, 5.74) is 7.45. The zero-order chi connectivity index (χ0) is 33.5. The highest BCUT2D eigenvalue weighted by Gasteiger charge is 2.22. The number of thioether (sulfide) groups is 1. The zero-order valence-corrected chi connectivity index (χ0v) is 26.7. The van der Waals surface area contributed by atoms with Crippen LogP contribution in [-0.2, 0) is 28.2 Å². The van der Waals surface area contributed by atoms with Crippen molar-refractivity contribution in [3.05, 3.63) is 160 Å². The van der Waals surface area contributed by atoms with Crippen LogP contribution in [0.1, 0.15) is 22.5 Å². The lowest BCUT2D eigenvalue weighted by Crippen LogP contribution is -2.43. The Labute approximate surface area is 281 Å². The number of nitrogens with zero attached hydrogens (tertiary/aromatic N) is 1. The molecular weight excluding hydrogens is 625 g/mol. The van der Waals surface area contributed by atoms with Gasteiger partial charge in [-0.3, -0.25) is 14.9 Å². The van der Waals surface area contributed by atoms with E-state index in [-0.39, 0.29) is 23.4 Å². The van der Waals surface area contributed by atoms with Crippen molar-refractivity contribution < 1.29 is 24.0 Å². The van der Waals surface area contributed by atoms with E-state index in [2.05, 4.69) is 47.8 Å². The Morgan fingerprint density at radius 1 is 0.771 bits per heavy atom. The molecule has 5 aromatic carbocycles. The predicted molar refractivity (Wildman–Crippen MR) is 189 cm³/mol. The molecule has 1 aromatic heterocycles. The second-order valence-electron chi connectivity index (χ2n) is 11.4. The van der Waals surface area contributed by atoms with E-state index < -0.39 is 22.8 Å². The molecule has 0 spiro atoms. The Bertz CT molecular complexity index is 2060. The highest BCUT2D eigenvalue weighted by atomic mass is 32.2. The average molecular weight is 657 g/mol. The van der Waals surface area contributed by atoms with Crippen molar-refractivity contribution >= 4 is 40.3 Å². The molecule has 0 bridgehead atoms. The van der Waals surface area contributed by atoms with E-state index in [1.807, 2.05) is 60.7 Å². The number of carbonyl (C=O) groups is 2. The topological polar surface area (TPSA) is 123 Å². The first-order valence-electron chi connectivity index (χ1n) is 15.4. The smallest absolute Gasteiger partial charge is 0.327 e. The number of nitrogens with one attached hydrogen (secondary N) is 1. The van der Waals surface area contributed by atoms with Crippen molar-refractivity contribution in [2.75, 3.05) is 5.75 Å². The molecule has 48 heavy (non-hydrogen) atoms. The zero-order valence-electron chi connectivity index (χ0n) is 25.9. The van der Waals surface area contributed by atoms with Gasteiger partial charge in [0.25, 0.3) is 5.69 Å². The van der Waals surface area contributed by atoms with Gasteiger partial charge in [-0.1, -0.05) is 115 Å². The number of nitro benzene ring substituents is 1. The maximum atomic E-state index is 12.5. The molecule has 6 rings (SSSR count). The van der Waals surface area contributed by atoms with Gasteiger partial charge in [0.2, 0.25) is 5.91 Å². The van der Waals surface area contributed by atoms with Gasteiger partial charge >= 0.3 is 5.97 Å². The number of para-hydroxylation sites is 2. The van der Waals surface area contributed by atoms with E-state index in [1.54, 1.807) is 6.07 Å². The van der Waals surface area contributed by atoms with Crippen LogP contribution < -0.4 is 5.32 Å². The molecule has 6 aromatic rings. The van der Waals surface area contributed by atoms with Crippen molar-refractivity contribution in [3.8, 4) is 22.3 Å². The lowest BCUT2D eigenvalue weighted by Gasteiger charge is -2.14. The number of carboxylic acid groups (broad SMARTS) is 1. The number of furan rings is 1. The van der Waals surface area contributed by atoms with Gasteiger partial charge in [0.1, 0.15) is 17.4 Å². The summed E-state index contributed by atoms with van der Waals surface area (Å²) >= 11 is 1.39. The Morgan fingerprint density at radius 2 is 1.40 bits per heavy atom. The number of amides is 1. The van der Waals surface area contributed by atoms with Gasteiger partial charge in [0, 0.05) is 40.5 Å². The molecule has 0 aliphatic carbocycles. The standard InChI is InChI=1S/C39H32N2O6S/c42-37(23-31-10-4-6-12-34(31)41(45)46)40-33(39(43)44)25-48-24-27-14-16-28(17-15-27)29-18-20-30(21-19-29)38-32-11-5-7-13-35(32)47-36(38)22-26-8-2-1-3-9-26/h1-21,33H,22-25H2,(H,40,42)(H,43,44)/t33-/m0/s1. The molecule has 0 unspecified atom stereocenters. The van der Waals surface area contributed by atoms with E-state index in [9.17, 15) is 24.8 Å². The van der Waals surface area contributed by atoms with Crippen LogP contribution in [0.3, 0.4) is 0 Å². The van der Waals surface area contributed by atoms with Gasteiger partial charge in [0.05, 0.1) is 11.3 Å². The van der Waals surface area contributed by atoms with Crippen LogP contribution in [0, 0.1) is 10.1 Å². The number of benzene rings is 5. The predicted octanol–water partition coefficient (Wildman–Crippen LogP) is 8.31. The van der Waals surface area contributed by atoms with E-state index >= 15 is 0 Å². The van der Waals surface area contributed by atoms with Crippen LogP contribution in [0.5, 0.6) is 0 Å². The highest BCUT2D eigenvalue weighted by molar-refractivity contribution is 7.98. The average Bonchev–Trinajstić information content (AvgIpc) is 3.46. The van der Waals surface area contributed by atoms with E-state index in [4.69, 9.17) is 4.42 Å². The summed E-state index contributed by atoms with van der Waals surface area (Å²) < 4.78 is 6.32. The number of hydrogen-bond acceptors (Lipinski definition) is 6. The monoisotopic (exact) mass is 656 g/mol. The number of rotatable bonds is 13. The molecule has 0 saturated heterocycles. The van der Waals surface area contributed by atoms with Crippen LogP contribution in [0.15, 0.2) is 132 Å². The largest absolute Gasteiger partial charge is 0.480 e. The number of nitro groups is 1. The number of carbonyl (C=O) groups excluding carboxylic acids is 1. The summed E-state index contributed by atoms with van der Waals surface area (Å²) in [6, 6.07) is 39.8. The minimum absolute atomic E-state index is 0.149. The van der Waals surface area contributed by atoms with Crippen LogP contribution in [-0.4, -0.2) is 33.7 Å². The summed E-state index contributed by atoms with van der Waals surface area (Å²) in [7, 11) is 0. The number of fused-ring (bicyclic) bond motifs is 1. The normalized spacial score (nSPS) is 11.7. The Kier molecular flexibility index (Phi) is 9.97. The van der Waals surface area contributed by atoms with Gasteiger partial charge in [-0.15, -0.1) is 0 Å². The van der Waals surface area contributed by atoms with E-state index in [0.29, 0.717) is 12.2 Å². The van der Waals surface area contributed by atoms with Gasteiger partial charge < -0.3 is 14.8 Å². The van der Waals surface area contributed by atoms with Crippen molar-refractivity contribution in [3.63, 3.8) is 0 Å². The summed E-state index contributed by atoms with van der Waals surface area (Å²) in [4.78, 5) is 35.1. The number of hydrogen-bond donors (Lipinski definition) is 2. The first-order chi connectivity index (χ1) is 23.4. The first-order valence-corrected chi connectivity index (χ1v) is 16.6. The molecule has 0 fully saturated rings. The molecule has 1 heterocycles. The lowest BCUT2D eigenvalue weighted by molar-refractivity contribution is -0.385. The fourth-order valence-corrected chi connectivity index (χ4v) is 6.67.